The van der Waals surface area contributed by atoms with E-state index in [4.69, 9.17) is 0 Å². The molecule has 0 aliphatic rings. The van der Waals surface area contributed by atoms with Gasteiger partial charge >= 0.3 is 37.2 Å². The molecule has 25 heavy (non-hydrogen) atoms. The van der Waals surface area contributed by atoms with E-state index in [0.29, 0.717) is 0 Å². The number of carbonyl (C=O) groups excluding carboxylic acids is 2. The molecule has 0 aliphatic carbocycles. The molecule has 1 aromatic carbocycles. The second-order valence-corrected chi connectivity index (χ2v) is 4.41. The molecule has 0 saturated heterocycles. The molecule has 0 aliphatic heterocycles. The van der Waals surface area contributed by atoms with Crippen molar-refractivity contribution >= 4 is 36.4 Å². The minimum absolute atomic E-state index is 0. The van der Waals surface area contributed by atoms with Crippen LogP contribution in [0.5, 0.6) is 0 Å². The third-order valence-corrected chi connectivity index (χ3v) is 2.63. The normalized spacial score (nSPS) is 12.4. The molecule has 0 fully saturated rings. The summed E-state index contributed by atoms with van der Waals surface area (Å²) in [6, 6.07) is 0.308. The van der Waals surface area contributed by atoms with Crippen molar-refractivity contribution < 1.29 is 45.8 Å². The summed E-state index contributed by atoms with van der Waals surface area (Å²) >= 11 is 0. The van der Waals surface area contributed by atoms with Gasteiger partial charge in [0.1, 0.15) is 5.76 Å². The van der Waals surface area contributed by atoms with Crippen LogP contribution in [0.4, 0.5) is 26.3 Å². The number of hydrogen-bond donors (Lipinski definition) is 1. The summed E-state index contributed by atoms with van der Waals surface area (Å²) in [4.78, 5) is 22.4. The van der Waals surface area contributed by atoms with Crippen molar-refractivity contribution in [2.45, 2.75) is 19.3 Å². The Labute approximate surface area is 149 Å². The molecule has 0 unspecified atom stereocenters. The number of halogens is 6. The minimum atomic E-state index is -5.11. The van der Waals surface area contributed by atoms with Crippen LogP contribution in [-0.2, 0) is 26.7 Å². The quantitative estimate of drug-likeness (QED) is 0.223. The fraction of sp³-hybridized carbons (Fsp3) is 0.286. The van der Waals surface area contributed by atoms with Crippen LogP contribution < -0.4 is 0 Å². The molecule has 0 atom stereocenters. The van der Waals surface area contributed by atoms with Crippen LogP contribution >= 0.6 is 0 Å². The van der Waals surface area contributed by atoms with Crippen LogP contribution in [0.25, 0.3) is 5.76 Å². The fourth-order valence-electron chi connectivity index (χ4n) is 1.57. The molecule has 134 valence electrons. The zero-order valence-corrected chi connectivity index (χ0v) is 12.0. The molecule has 1 rings (SSSR count). The number of carbonyl (C=O) groups is 2. The van der Waals surface area contributed by atoms with Crippen molar-refractivity contribution in [1.82, 2.24) is 0 Å². The standard InChI is InChI=1S/C14H10F6O4.Li.H/c1-2-24-12(23)11(22)6-10(21)7-3-8(13(15,16)17)5-9(4-7)14(18,19)20;;/h3-6,21H,2H2,1H3;;. The molecule has 0 bridgehead atoms. The van der Waals surface area contributed by atoms with Crippen LogP contribution in [0.15, 0.2) is 24.3 Å². The zero-order chi connectivity index (χ0) is 18.7. The molecule has 0 radical (unpaired) electrons. The molecule has 0 saturated carbocycles. The topological polar surface area (TPSA) is 63.6 Å². The van der Waals surface area contributed by atoms with Gasteiger partial charge in [0, 0.05) is 11.6 Å². The first kappa shape index (κ1) is 23.1. The van der Waals surface area contributed by atoms with Crippen molar-refractivity contribution in [2.75, 3.05) is 6.61 Å². The molecule has 0 spiro atoms. The fourth-order valence-corrected chi connectivity index (χ4v) is 1.57. The monoisotopic (exact) mass is 364 g/mol. The molecular weight excluding hydrogens is 353 g/mol. The Hall–Kier alpha value is -1.92. The molecule has 0 amide bonds. The van der Waals surface area contributed by atoms with Crippen molar-refractivity contribution in [2.24, 2.45) is 0 Å². The van der Waals surface area contributed by atoms with Gasteiger partial charge in [0.05, 0.1) is 17.7 Å². The average molecular weight is 364 g/mol. The third kappa shape index (κ3) is 6.47. The first-order valence-corrected chi connectivity index (χ1v) is 6.28. The summed E-state index contributed by atoms with van der Waals surface area (Å²) in [7, 11) is 0. The van der Waals surface area contributed by atoms with Gasteiger partial charge in [-0.2, -0.15) is 26.3 Å². The summed E-state index contributed by atoms with van der Waals surface area (Å²) < 4.78 is 80.4. The predicted octanol–water partition coefficient (Wildman–Crippen LogP) is 3.11. The number of benzene rings is 1. The van der Waals surface area contributed by atoms with Gasteiger partial charge in [-0.15, -0.1) is 0 Å². The van der Waals surface area contributed by atoms with E-state index in [1.54, 1.807) is 0 Å². The Balaban J connectivity index is 0.00000576. The van der Waals surface area contributed by atoms with Crippen LogP contribution in [0.1, 0.15) is 23.6 Å². The summed E-state index contributed by atoms with van der Waals surface area (Å²) in [6.07, 6.45) is -10.0. The van der Waals surface area contributed by atoms with E-state index >= 15 is 0 Å². The summed E-state index contributed by atoms with van der Waals surface area (Å²) in [5, 5.41) is 9.59. The summed E-state index contributed by atoms with van der Waals surface area (Å²) in [5.74, 6) is -4.07. The van der Waals surface area contributed by atoms with E-state index in [2.05, 4.69) is 4.74 Å². The van der Waals surface area contributed by atoms with Crippen LogP contribution in [0.2, 0.25) is 0 Å². The SMILES string of the molecule is CCOC(=O)C(=O)C=C(O)c1cc(C(F)(F)F)cc(C(F)(F)F)c1.[LiH]. The first-order chi connectivity index (χ1) is 10.9. The maximum absolute atomic E-state index is 12.7. The van der Waals surface area contributed by atoms with Gasteiger partial charge in [0.2, 0.25) is 0 Å². The number of ether oxygens (including phenoxy) is 1. The Kier molecular flexibility index (Phi) is 7.80. The Morgan fingerprint density at radius 1 is 1.04 bits per heavy atom. The maximum atomic E-state index is 12.7. The molecule has 1 aromatic rings. The first-order valence-electron chi connectivity index (χ1n) is 6.28. The number of aliphatic hydroxyl groups excluding tert-OH is 1. The Morgan fingerprint density at radius 3 is 1.84 bits per heavy atom. The third-order valence-electron chi connectivity index (χ3n) is 2.63. The summed E-state index contributed by atoms with van der Waals surface area (Å²) in [5.41, 5.74) is -4.26. The van der Waals surface area contributed by atoms with Gasteiger partial charge in [0.15, 0.2) is 0 Å². The molecule has 4 nitrogen and oxygen atoms in total. The van der Waals surface area contributed by atoms with Gasteiger partial charge in [0.25, 0.3) is 5.78 Å². The van der Waals surface area contributed by atoms with Crippen molar-refractivity contribution in [1.29, 1.82) is 0 Å². The van der Waals surface area contributed by atoms with E-state index in [0.717, 1.165) is 0 Å². The second-order valence-electron chi connectivity index (χ2n) is 4.41. The number of alkyl halides is 6. The number of ketones is 1. The summed E-state index contributed by atoms with van der Waals surface area (Å²) in [6.45, 7) is 1.19. The average Bonchev–Trinajstić information content (AvgIpc) is 2.45. The van der Waals surface area contributed by atoms with Crippen molar-refractivity contribution in [3.63, 3.8) is 0 Å². The van der Waals surface area contributed by atoms with Crippen LogP contribution in [-0.4, -0.2) is 42.3 Å². The van der Waals surface area contributed by atoms with Crippen molar-refractivity contribution in [3.05, 3.63) is 41.0 Å². The van der Waals surface area contributed by atoms with Crippen molar-refractivity contribution in [3.8, 4) is 0 Å². The zero-order valence-electron chi connectivity index (χ0n) is 12.0. The van der Waals surface area contributed by atoms with Gasteiger partial charge in [-0.1, -0.05) is 0 Å². The van der Waals surface area contributed by atoms with Gasteiger partial charge in [-0.3, -0.25) is 4.79 Å². The molecule has 11 heteroatoms. The van der Waals surface area contributed by atoms with Crippen LogP contribution in [0, 0.1) is 0 Å². The van der Waals surface area contributed by atoms with E-state index in [9.17, 15) is 41.0 Å². The van der Waals surface area contributed by atoms with Gasteiger partial charge in [-0.05, 0) is 25.1 Å². The van der Waals surface area contributed by atoms with E-state index in [1.165, 1.54) is 6.92 Å². The molecular formula is C14H11F6LiO4. The predicted molar refractivity (Wildman–Crippen MR) is 75.8 cm³/mol. The molecule has 0 heterocycles. The number of aliphatic hydroxyl groups is 1. The Bertz CT molecular complexity index is 647. The second kappa shape index (κ2) is 8.45. The van der Waals surface area contributed by atoms with Gasteiger partial charge < -0.3 is 9.84 Å². The number of esters is 1. The van der Waals surface area contributed by atoms with E-state index in [1.807, 2.05) is 0 Å². The number of rotatable bonds is 4. The molecule has 0 aromatic heterocycles. The Morgan fingerprint density at radius 2 is 1.48 bits per heavy atom. The number of hydrogen-bond acceptors (Lipinski definition) is 4. The van der Waals surface area contributed by atoms with Crippen LogP contribution in [0.3, 0.4) is 0 Å². The molecule has 1 N–H and O–H groups in total. The van der Waals surface area contributed by atoms with Gasteiger partial charge in [-0.25, -0.2) is 4.79 Å². The van der Waals surface area contributed by atoms with E-state index < -0.39 is 46.6 Å². The van der Waals surface area contributed by atoms with E-state index in [-0.39, 0.29) is 49.7 Å².